The second-order valence-electron chi connectivity index (χ2n) is 12.5. The van der Waals surface area contributed by atoms with Crippen LogP contribution in [0.15, 0.2) is 152 Å². The van der Waals surface area contributed by atoms with Crippen molar-refractivity contribution in [2.75, 3.05) is 4.90 Å². The summed E-state index contributed by atoms with van der Waals surface area (Å²) in [7, 11) is 0. The number of imidazole rings is 1. The Kier molecular flexibility index (Phi) is 5.29. The third-order valence-electron chi connectivity index (χ3n) is 9.72. The summed E-state index contributed by atoms with van der Waals surface area (Å²) in [5.74, 6) is 3.10. The molecule has 0 radical (unpaired) electrons. The molecule has 0 bridgehead atoms. The second-order valence-corrected chi connectivity index (χ2v) is 12.5. The molecule has 6 heteroatoms. The zero-order chi connectivity index (χ0) is 32.1. The van der Waals surface area contributed by atoms with Gasteiger partial charge in [0.25, 0.3) is 0 Å². The molecule has 4 heterocycles. The Morgan fingerprint density at radius 3 is 2.00 bits per heavy atom. The van der Waals surface area contributed by atoms with E-state index in [0.29, 0.717) is 5.82 Å². The molecule has 7 aromatic carbocycles. The largest absolute Gasteiger partial charge is 0.456 e. The van der Waals surface area contributed by atoms with Crippen LogP contribution in [0.25, 0.3) is 72.2 Å². The molecule has 2 aromatic heterocycles. The molecule has 49 heavy (non-hydrogen) atoms. The molecule has 0 aliphatic carbocycles. The van der Waals surface area contributed by atoms with Gasteiger partial charge in [-0.2, -0.15) is 0 Å². The van der Waals surface area contributed by atoms with Crippen molar-refractivity contribution in [3.05, 3.63) is 152 Å². The Labute approximate surface area is 281 Å². The molecule has 2 aliphatic heterocycles. The maximum atomic E-state index is 6.22. The average molecular weight is 628 g/mol. The number of rotatable bonds is 2. The van der Waals surface area contributed by atoms with Crippen molar-refractivity contribution in [2.45, 2.75) is 0 Å². The minimum atomic E-state index is 0.672. The van der Waals surface area contributed by atoms with E-state index in [-0.39, 0.29) is 0 Å². The normalized spacial score (nSPS) is 12.6. The van der Waals surface area contributed by atoms with E-state index in [1.54, 1.807) is 0 Å². The Morgan fingerprint density at radius 1 is 0.490 bits per heavy atom. The SMILES string of the molecule is c1ccc2c(c1)Oc1cccc3nc(-c4ccc(N5c6ccccc6-c6ccccc6-n6c5nc5cc7ccccc7cc56)cc4)nc-2c13. The molecule has 0 fully saturated rings. The van der Waals surface area contributed by atoms with E-state index >= 15 is 0 Å². The van der Waals surface area contributed by atoms with Crippen molar-refractivity contribution in [1.29, 1.82) is 0 Å². The predicted octanol–water partition coefficient (Wildman–Crippen LogP) is 11.0. The predicted molar refractivity (Wildman–Crippen MR) is 196 cm³/mol. The van der Waals surface area contributed by atoms with Crippen LogP contribution in [-0.4, -0.2) is 19.5 Å². The summed E-state index contributed by atoms with van der Waals surface area (Å²) in [6, 6.07) is 52.7. The molecule has 0 atom stereocenters. The van der Waals surface area contributed by atoms with Gasteiger partial charge in [-0.15, -0.1) is 0 Å². The number of para-hydroxylation sites is 3. The van der Waals surface area contributed by atoms with Crippen LogP contribution >= 0.6 is 0 Å². The first kappa shape index (κ1) is 26.3. The second kappa shape index (κ2) is 9.86. The Hall–Kier alpha value is -6.79. The molecule has 228 valence electrons. The number of nitrogens with zero attached hydrogens (tertiary/aromatic N) is 5. The van der Waals surface area contributed by atoms with Crippen LogP contribution in [0.1, 0.15) is 0 Å². The Bertz CT molecular complexity index is 2820. The maximum Gasteiger partial charge on any atom is 0.220 e. The minimum absolute atomic E-state index is 0.672. The van der Waals surface area contributed by atoms with E-state index in [2.05, 4.69) is 125 Å². The van der Waals surface area contributed by atoms with E-state index < -0.39 is 0 Å². The first-order chi connectivity index (χ1) is 24.3. The molecule has 11 rings (SSSR count). The van der Waals surface area contributed by atoms with Crippen LogP contribution in [0, 0.1) is 0 Å². The van der Waals surface area contributed by atoms with Crippen LogP contribution in [0.4, 0.5) is 17.3 Å². The molecule has 0 saturated heterocycles. The van der Waals surface area contributed by atoms with Gasteiger partial charge in [0, 0.05) is 27.9 Å². The van der Waals surface area contributed by atoms with Gasteiger partial charge < -0.3 is 4.74 Å². The van der Waals surface area contributed by atoms with E-state index in [0.717, 1.165) is 84.4 Å². The van der Waals surface area contributed by atoms with Crippen molar-refractivity contribution in [3.8, 4) is 51.0 Å². The molecule has 9 aromatic rings. The van der Waals surface area contributed by atoms with Gasteiger partial charge in [-0.1, -0.05) is 78.9 Å². The van der Waals surface area contributed by atoms with Gasteiger partial charge in [0.15, 0.2) is 5.82 Å². The molecule has 0 N–H and O–H groups in total. The maximum absolute atomic E-state index is 6.22. The minimum Gasteiger partial charge on any atom is -0.456 e. The van der Waals surface area contributed by atoms with Crippen LogP contribution in [-0.2, 0) is 0 Å². The number of anilines is 3. The highest BCUT2D eigenvalue weighted by Crippen LogP contribution is 2.49. The molecular weight excluding hydrogens is 603 g/mol. The van der Waals surface area contributed by atoms with Gasteiger partial charge in [-0.3, -0.25) is 9.47 Å². The summed E-state index contributed by atoms with van der Waals surface area (Å²) in [4.78, 5) is 17.8. The van der Waals surface area contributed by atoms with Gasteiger partial charge >= 0.3 is 0 Å². The lowest BCUT2D eigenvalue weighted by Gasteiger charge is -2.24. The lowest BCUT2D eigenvalue weighted by atomic mass is 10.0. The van der Waals surface area contributed by atoms with Crippen molar-refractivity contribution < 1.29 is 4.74 Å². The third kappa shape index (κ3) is 3.79. The average Bonchev–Trinajstić information content (AvgIpc) is 3.46. The van der Waals surface area contributed by atoms with Crippen LogP contribution in [0.2, 0.25) is 0 Å². The quantitative estimate of drug-likeness (QED) is 0.191. The number of fused-ring (bicyclic) bond motifs is 10. The number of hydrogen-bond donors (Lipinski definition) is 0. The summed E-state index contributed by atoms with van der Waals surface area (Å²) in [5, 5.41) is 3.29. The molecule has 0 spiro atoms. The summed E-state index contributed by atoms with van der Waals surface area (Å²) >= 11 is 0. The fourth-order valence-corrected chi connectivity index (χ4v) is 7.48. The molecule has 0 saturated carbocycles. The Balaban J connectivity index is 1.12. The van der Waals surface area contributed by atoms with Gasteiger partial charge in [0.2, 0.25) is 5.95 Å². The van der Waals surface area contributed by atoms with Crippen molar-refractivity contribution >= 4 is 50.0 Å². The first-order valence-corrected chi connectivity index (χ1v) is 16.4. The topological polar surface area (TPSA) is 56.1 Å². The van der Waals surface area contributed by atoms with Crippen molar-refractivity contribution in [3.63, 3.8) is 0 Å². The van der Waals surface area contributed by atoms with E-state index in [9.17, 15) is 0 Å². The van der Waals surface area contributed by atoms with Gasteiger partial charge in [-0.05, 0) is 83.6 Å². The third-order valence-corrected chi connectivity index (χ3v) is 9.72. The summed E-state index contributed by atoms with van der Waals surface area (Å²) < 4.78 is 8.52. The van der Waals surface area contributed by atoms with Gasteiger partial charge in [0.1, 0.15) is 11.5 Å². The number of benzene rings is 7. The van der Waals surface area contributed by atoms with Crippen molar-refractivity contribution in [1.82, 2.24) is 19.5 Å². The lowest BCUT2D eigenvalue weighted by molar-refractivity contribution is 0.486. The lowest BCUT2D eigenvalue weighted by Crippen LogP contribution is -2.14. The van der Waals surface area contributed by atoms with Crippen LogP contribution in [0.3, 0.4) is 0 Å². The zero-order valence-electron chi connectivity index (χ0n) is 26.1. The molecule has 0 unspecified atom stereocenters. The van der Waals surface area contributed by atoms with Gasteiger partial charge in [-0.25, -0.2) is 15.0 Å². The summed E-state index contributed by atoms with van der Waals surface area (Å²) in [5.41, 5.74) is 11.1. The van der Waals surface area contributed by atoms with E-state index in [1.165, 1.54) is 10.8 Å². The number of aromatic nitrogens is 4. The van der Waals surface area contributed by atoms with Gasteiger partial charge in [0.05, 0.1) is 39.0 Å². The fraction of sp³-hybridized carbons (Fsp3) is 0. The highest BCUT2D eigenvalue weighted by Gasteiger charge is 2.29. The smallest absolute Gasteiger partial charge is 0.220 e. The van der Waals surface area contributed by atoms with E-state index in [1.807, 2.05) is 36.4 Å². The van der Waals surface area contributed by atoms with E-state index in [4.69, 9.17) is 19.7 Å². The molecule has 6 nitrogen and oxygen atoms in total. The van der Waals surface area contributed by atoms with Crippen LogP contribution in [0.5, 0.6) is 11.5 Å². The molecule has 0 amide bonds. The number of hydrogen-bond acceptors (Lipinski definition) is 5. The number of ether oxygens (including phenoxy) is 1. The summed E-state index contributed by atoms with van der Waals surface area (Å²) in [6.07, 6.45) is 0. The summed E-state index contributed by atoms with van der Waals surface area (Å²) in [6.45, 7) is 0. The van der Waals surface area contributed by atoms with Crippen molar-refractivity contribution in [2.24, 2.45) is 0 Å². The van der Waals surface area contributed by atoms with Crippen LogP contribution < -0.4 is 9.64 Å². The zero-order valence-corrected chi connectivity index (χ0v) is 26.1. The fourth-order valence-electron chi connectivity index (χ4n) is 7.48. The molecular formula is C43H25N5O. The highest BCUT2D eigenvalue weighted by atomic mass is 16.5. The Morgan fingerprint density at radius 2 is 1.16 bits per heavy atom. The standard InChI is InChI=1S/C43H25N5O/c1-2-11-28-25-37-34(24-27(28)10-1)45-43-47(35-16-6-3-12-30(35)31-13-4-7-17-36(31)48(37)43)29-22-20-26(21-23-29)42-44-33-15-9-19-39-40(33)41(46-42)32-14-5-8-18-38(32)49-39/h1-25H. The molecule has 2 aliphatic rings. The first-order valence-electron chi connectivity index (χ1n) is 16.4. The monoisotopic (exact) mass is 627 g/mol. The highest BCUT2D eigenvalue weighted by molar-refractivity contribution is 6.03.